The van der Waals surface area contributed by atoms with Crippen molar-refractivity contribution in [2.45, 2.75) is 6.92 Å². The maximum Gasteiger partial charge on any atom is 0.285 e. The van der Waals surface area contributed by atoms with Gasteiger partial charge < -0.3 is 5.32 Å². The zero-order chi connectivity index (χ0) is 21.2. The zero-order valence-corrected chi connectivity index (χ0v) is 15.3. The number of nitrogens with one attached hydrogen (secondary N) is 1. The molecule has 11 heteroatoms. The van der Waals surface area contributed by atoms with Crippen LogP contribution >= 0.6 is 0 Å². The van der Waals surface area contributed by atoms with Gasteiger partial charge in [-0.25, -0.2) is 0 Å². The standard InChI is InChI=1S/C18H14N4O7/c1-3-20-14(26)18(15(20)27)16(28)22(17(18)29)7-21-12(24)9-5-4-8(11(23)19-2)6-10(9)13(21)25/h4-6H,3,7H2,1-2H3,(H,19,23). The van der Waals surface area contributed by atoms with Crippen LogP contribution in [0, 0.1) is 5.41 Å². The molecule has 0 unspecified atom stereocenters. The molecule has 0 atom stereocenters. The number of carbonyl (C=O) groups excluding carboxylic acids is 7. The van der Waals surface area contributed by atoms with Crippen LogP contribution in [0.25, 0.3) is 0 Å². The molecule has 3 heterocycles. The van der Waals surface area contributed by atoms with Crippen LogP contribution in [0.15, 0.2) is 18.2 Å². The fourth-order valence-corrected chi connectivity index (χ4v) is 3.70. The maximum absolute atomic E-state index is 12.6. The highest BCUT2D eigenvalue weighted by atomic mass is 16.2. The van der Waals surface area contributed by atoms with Gasteiger partial charge in [-0.1, -0.05) is 0 Å². The minimum Gasteiger partial charge on any atom is -0.355 e. The van der Waals surface area contributed by atoms with E-state index < -0.39 is 53.4 Å². The van der Waals surface area contributed by atoms with E-state index in [0.29, 0.717) is 9.80 Å². The summed E-state index contributed by atoms with van der Waals surface area (Å²) in [6.45, 7) is 0.847. The van der Waals surface area contributed by atoms with Crippen LogP contribution in [0.4, 0.5) is 0 Å². The third kappa shape index (κ3) is 1.98. The van der Waals surface area contributed by atoms with Crippen LogP contribution in [-0.2, 0) is 19.2 Å². The van der Waals surface area contributed by atoms with Crippen LogP contribution < -0.4 is 5.32 Å². The van der Waals surface area contributed by atoms with Gasteiger partial charge in [-0.3, -0.25) is 48.3 Å². The molecule has 1 aromatic carbocycles. The number of rotatable bonds is 4. The number of hydrogen-bond acceptors (Lipinski definition) is 7. The lowest BCUT2D eigenvalue weighted by atomic mass is 9.69. The van der Waals surface area contributed by atoms with Crippen molar-refractivity contribution in [1.82, 2.24) is 20.0 Å². The Morgan fingerprint density at radius 3 is 1.97 bits per heavy atom. The summed E-state index contributed by atoms with van der Waals surface area (Å²) in [5.41, 5.74) is -2.22. The van der Waals surface area contributed by atoms with E-state index in [1.165, 1.54) is 32.2 Å². The van der Waals surface area contributed by atoms with Crippen LogP contribution in [0.1, 0.15) is 38.0 Å². The fourth-order valence-electron chi connectivity index (χ4n) is 3.70. The van der Waals surface area contributed by atoms with Crippen molar-refractivity contribution in [3.05, 3.63) is 34.9 Å². The smallest absolute Gasteiger partial charge is 0.285 e. The van der Waals surface area contributed by atoms with Crippen molar-refractivity contribution >= 4 is 41.4 Å². The molecule has 1 spiro atoms. The van der Waals surface area contributed by atoms with Crippen molar-refractivity contribution in [2.24, 2.45) is 5.41 Å². The van der Waals surface area contributed by atoms with E-state index in [0.717, 1.165) is 4.90 Å². The second-order valence-corrected chi connectivity index (χ2v) is 6.66. The van der Waals surface area contributed by atoms with E-state index in [1.54, 1.807) is 0 Å². The predicted molar refractivity (Wildman–Crippen MR) is 91.9 cm³/mol. The Morgan fingerprint density at radius 1 is 0.862 bits per heavy atom. The summed E-state index contributed by atoms with van der Waals surface area (Å²) in [4.78, 5) is 88.0. The Balaban J connectivity index is 1.57. The monoisotopic (exact) mass is 398 g/mol. The number of fused-ring (bicyclic) bond motifs is 1. The first kappa shape index (κ1) is 18.5. The molecule has 7 amide bonds. The van der Waals surface area contributed by atoms with Crippen molar-refractivity contribution < 1.29 is 33.6 Å². The molecule has 148 valence electrons. The molecular formula is C18H14N4O7. The molecule has 1 N–H and O–H groups in total. The van der Waals surface area contributed by atoms with Gasteiger partial charge >= 0.3 is 0 Å². The van der Waals surface area contributed by atoms with Gasteiger partial charge in [0.25, 0.3) is 46.8 Å². The maximum atomic E-state index is 12.6. The quantitative estimate of drug-likeness (QED) is 0.364. The normalized spacial score (nSPS) is 19.6. The molecule has 2 fully saturated rings. The van der Waals surface area contributed by atoms with E-state index in [9.17, 15) is 33.6 Å². The van der Waals surface area contributed by atoms with E-state index in [-0.39, 0.29) is 23.2 Å². The molecule has 0 aromatic heterocycles. The molecule has 2 saturated heterocycles. The van der Waals surface area contributed by atoms with Gasteiger partial charge in [-0.2, -0.15) is 0 Å². The Bertz CT molecular complexity index is 1040. The lowest BCUT2D eigenvalue weighted by Crippen LogP contribution is -2.84. The van der Waals surface area contributed by atoms with Crippen molar-refractivity contribution in [2.75, 3.05) is 20.3 Å². The average Bonchev–Trinajstić information content (AvgIpc) is 2.95. The van der Waals surface area contributed by atoms with E-state index in [2.05, 4.69) is 5.32 Å². The van der Waals surface area contributed by atoms with Crippen LogP contribution in [-0.4, -0.2) is 76.3 Å². The number of nitrogens with zero attached hydrogens (tertiary/aromatic N) is 3. The Labute approximate surface area is 163 Å². The highest BCUT2D eigenvalue weighted by Gasteiger charge is 2.80. The number of imide groups is 3. The number of carbonyl (C=O) groups is 7. The summed E-state index contributed by atoms with van der Waals surface area (Å²) < 4.78 is 0. The molecule has 29 heavy (non-hydrogen) atoms. The number of β-lactam (4-membered cyclic amide) rings is 4. The van der Waals surface area contributed by atoms with Crippen molar-refractivity contribution in [1.29, 1.82) is 0 Å². The van der Waals surface area contributed by atoms with Crippen molar-refractivity contribution in [3.8, 4) is 0 Å². The SMILES string of the molecule is CCN1C(=O)C2(C1=O)C(=O)N(CN1C(=O)c3ccc(C(=O)NC)cc3C1=O)C2=O. The molecule has 11 nitrogen and oxygen atoms in total. The largest absolute Gasteiger partial charge is 0.355 e. The van der Waals surface area contributed by atoms with E-state index >= 15 is 0 Å². The minimum absolute atomic E-state index is 0.0192. The third-order valence-corrected chi connectivity index (χ3v) is 5.32. The second-order valence-electron chi connectivity index (χ2n) is 6.66. The summed E-state index contributed by atoms with van der Waals surface area (Å²) in [6.07, 6.45) is 0. The van der Waals surface area contributed by atoms with Gasteiger partial charge in [0.1, 0.15) is 6.67 Å². The number of amides is 7. The van der Waals surface area contributed by atoms with E-state index in [1.807, 2.05) is 0 Å². The summed E-state index contributed by atoms with van der Waals surface area (Å²) in [6, 6.07) is 3.92. The predicted octanol–water partition coefficient (Wildman–Crippen LogP) is -1.66. The molecule has 4 rings (SSSR count). The molecule has 0 bridgehead atoms. The molecule has 0 saturated carbocycles. The number of hydrogen-bond donors (Lipinski definition) is 1. The first-order valence-electron chi connectivity index (χ1n) is 8.66. The highest BCUT2D eigenvalue weighted by molar-refractivity contribution is 6.52. The molecule has 0 aliphatic carbocycles. The van der Waals surface area contributed by atoms with Crippen LogP contribution in [0.5, 0.6) is 0 Å². The zero-order valence-electron chi connectivity index (χ0n) is 15.3. The lowest BCUT2D eigenvalue weighted by molar-refractivity contribution is -0.200. The molecule has 1 aromatic rings. The van der Waals surface area contributed by atoms with Gasteiger partial charge in [-0.15, -0.1) is 0 Å². The summed E-state index contributed by atoms with van der Waals surface area (Å²) >= 11 is 0. The fraction of sp³-hybridized carbons (Fsp3) is 0.278. The first-order chi connectivity index (χ1) is 13.7. The minimum atomic E-state index is -2.36. The highest BCUT2D eigenvalue weighted by Crippen LogP contribution is 2.45. The summed E-state index contributed by atoms with van der Waals surface area (Å²) in [7, 11) is 1.41. The van der Waals surface area contributed by atoms with E-state index in [4.69, 9.17) is 0 Å². The first-order valence-corrected chi connectivity index (χ1v) is 8.66. The molecular weight excluding hydrogens is 384 g/mol. The molecule has 3 aliphatic rings. The van der Waals surface area contributed by atoms with Crippen LogP contribution in [0.3, 0.4) is 0 Å². The average molecular weight is 398 g/mol. The van der Waals surface area contributed by atoms with Gasteiger partial charge in [-0.05, 0) is 25.1 Å². The second kappa shape index (κ2) is 5.80. The van der Waals surface area contributed by atoms with Gasteiger partial charge in [0, 0.05) is 19.2 Å². The Kier molecular flexibility index (Phi) is 3.70. The lowest BCUT2D eigenvalue weighted by Gasteiger charge is -2.52. The summed E-state index contributed by atoms with van der Waals surface area (Å²) in [5, 5.41) is 2.40. The van der Waals surface area contributed by atoms with Gasteiger partial charge in [0.15, 0.2) is 0 Å². The van der Waals surface area contributed by atoms with Crippen LogP contribution in [0.2, 0.25) is 0 Å². The third-order valence-electron chi connectivity index (χ3n) is 5.32. The molecule has 0 radical (unpaired) electrons. The Hall–Kier alpha value is -3.89. The number of likely N-dealkylation sites (tertiary alicyclic amines) is 2. The van der Waals surface area contributed by atoms with Gasteiger partial charge in [0.05, 0.1) is 11.1 Å². The van der Waals surface area contributed by atoms with Crippen molar-refractivity contribution in [3.63, 3.8) is 0 Å². The number of benzene rings is 1. The van der Waals surface area contributed by atoms with Gasteiger partial charge in [0.2, 0.25) is 0 Å². The molecule has 3 aliphatic heterocycles. The Morgan fingerprint density at radius 2 is 1.41 bits per heavy atom. The topological polar surface area (TPSA) is 141 Å². The summed E-state index contributed by atoms with van der Waals surface area (Å²) in [5.74, 6) is -5.89.